The molecule has 6 heteroatoms. The van der Waals surface area contributed by atoms with E-state index in [-0.39, 0.29) is 5.91 Å². The van der Waals surface area contributed by atoms with E-state index in [1.165, 1.54) is 22.5 Å². The number of benzene rings is 2. The van der Waals surface area contributed by atoms with Crippen LogP contribution in [0.25, 0.3) is 0 Å². The molecule has 30 heavy (non-hydrogen) atoms. The van der Waals surface area contributed by atoms with Gasteiger partial charge in [0.25, 0.3) is 5.91 Å². The van der Waals surface area contributed by atoms with Gasteiger partial charge in [0.05, 0.1) is 9.90 Å². The smallest absolute Gasteiger partial charge is 0.264 e. The number of amides is 1. The number of halogens is 1. The number of ether oxygens (including phenoxy) is 1. The molecule has 0 atom stereocenters. The zero-order valence-electron chi connectivity index (χ0n) is 17.0. The summed E-state index contributed by atoms with van der Waals surface area (Å²) in [6.45, 7) is 6.80. The topological polar surface area (TPSA) is 32.8 Å². The van der Waals surface area contributed by atoms with E-state index in [0.717, 1.165) is 43.2 Å². The number of piperazine rings is 1. The second-order valence-electron chi connectivity index (χ2n) is 7.53. The van der Waals surface area contributed by atoms with Crippen LogP contribution in [0.5, 0.6) is 5.75 Å². The number of hydrogen-bond donors (Lipinski definition) is 0. The van der Waals surface area contributed by atoms with Gasteiger partial charge < -0.3 is 9.64 Å². The Morgan fingerprint density at radius 3 is 2.57 bits per heavy atom. The predicted molar refractivity (Wildman–Crippen MR) is 122 cm³/mol. The van der Waals surface area contributed by atoms with Crippen LogP contribution in [0.1, 0.15) is 26.4 Å². The lowest BCUT2D eigenvalue weighted by atomic mass is 10.1. The summed E-state index contributed by atoms with van der Waals surface area (Å²) in [6, 6.07) is 17.8. The Balaban J connectivity index is 1.29. The Kier molecular flexibility index (Phi) is 6.72. The van der Waals surface area contributed by atoms with Crippen molar-refractivity contribution in [2.45, 2.75) is 20.1 Å². The molecule has 0 bridgehead atoms. The largest absolute Gasteiger partial charge is 0.487 e. The molecule has 0 radical (unpaired) electrons. The molecule has 1 aliphatic heterocycles. The molecule has 0 unspecified atom stereocenters. The van der Waals surface area contributed by atoms with Crippen LogP contribution in [-0.4, -0.2) is 41.9 Å². The Bertz CT molecular complexity index is 1010. The van der Waals surface area contributed by atoms with Crippen LogP contribution in [-0.2, 0) is 13.2 Å². The van der Waals surface area contributed by atoms with Crippen molar-refractivity contribution < 1.29 is 9.53 Å². The highest BCUT2D eigenvalue weighted by atomic mass is 35.5. The van der Waals surface area contributed by atoms with E-state index in [2.05, 4.69) is 36.1 Å². The highest BCUT2D eigenvalue weighted by molar-refractivity contribution is 7.12. The lowest BCUT2D eigenvalue weighted by molar-refractivity contribution is 0.0633. The second kappa shape index (κ2) is 9.65. The van der Waals surface area contributed by atoms with Gasteiger partial charge in [0.15, 0.2) is 0 Å². The van der Waals surface area contributed by atoms with Crippen molar-refractivity contribution in [3.05, 3.63) is 86.6 Å². The van der Waals surface area contributed by atoms with E-state index in [1.807, 2.05) is 34.5 Å². The average molecular weight is 441 g/mol. The van der Waals surface area contributed by atoms with Crippen LogP contribution in [0.15, 0.2) is 60.0 Å². The Hall–Kier alpha value is -2.34. The van der Waals surface area contributed by atoms with Gasteiger partial charge in [-0.05, 0) is 41.6 Å². The summed E-state index contributed by atoms with van der Waals surface area (Å²) in [5, 5.41) is 2.57. The third kappa shape index (κ3) is 5.04. The maximum absolute atomic E-state index is 12.9. The summed E-state index contributed by atoms with van der Waals surface area (Å²) >= 11 is 7.61. The molecule has 156 valence electrons. The van der Waals surface area contributed by atoms with Crippen LogP contribution in [0.4, 0.5) is 0 Å². The molecule has 1 amide bonds. The van der Waals surface area contributed by atoms with Crippen molar-refractivity contribution >= 4 is 28.8 Å². The Morgan fingerprint density at radius 2 is 1.80 bits per heavy atom. The van der Waals surface area contributed by atoms with Crippen LogP contribution >= 0.6 is 22.9 Å². The lowest BCUT2D eigenvalue weighted by Gasteiger charge is -2.34. The van der Waals surface area contributed by atoms with Gasteiger partial charge in [-0.1, -0.05) is 48.0 Å². The van der Waals surface area contributed by atoms with E-state index in [4.69, 9.17) is 16.3 Å². The molecular weight excluding hydrogens is 416 g/mol. The summed E-state index contributed by atoms with van der Waals surface area (Å²) in [7, 11) is 0. The number of thiophene rings is 1. The summed E-state index contributed by atoms with van der Waals surface area (Å²) < 4.78 is 5.78. The first-order valence-corrected chi connectivity index (χ1v) is 11.4. The van der Waals surface area contributed by atoms with Crippen molar-refractivity contribution in [1.29, 1.82) is 0 Å². The van der Waals surface area contributed by atoms with Gasteiger partial charge >= 0.3 is 0 Å². The van der Waals surface area contributed by atoms with E-state index in [1.54, 1.807) is 6.07 Å². The number of carbonyl (C=O) groups excluding carboxylic acids is 1. The van der Waals surface area contributed by atoms with Gasteiger partial charge in [0.2, 0.25) is 0 Å². The molecule has 1 fully saturated rings. The summed E-state index contributed by atoms with van der Waals surface area (Å²) in [5.74, 6) is 0.766. The molecule has 0 N–H and O–H groups in total. The molecule has 1 aromatic heterocycles. The quantitative estimate of drug-likeness (QED) is 0.525. The Morgan fingerprint density at radius 1 is 1.07 bits per heavy atom. The summed E-state index contributed by atoms with van der Waals surface area (Å²) in [6.07, 6.45) is 0. The minimum atomic E-state index is 0.111. The van der Waals surface area contributed by atoms with Gasteiger partial charge in [0.1, 0.15) is 12.4 Å². The molecule has 4 nitrogen and oxygen atoms in total. The maximum atomic E-state index is 12.9. The lowest BCUT2D eigenvalue weighted by Crippen LogP contribution is -2.48. The van der Waals surface area contributed by atoms with E-state index in [0.29, 0.717) is 17.4 Å². The first-order chi connectivity index (χ1) is 14.6. The molecule has 2 heterocycles. The van der Waals surface area contributed by atoms with Crippen molar-refractivity contribution in [3.63, 3.8) is 0 Å². The van der Waals surface area contributed by atoms with Gasteiger partial charge in [-0.3, -0.25) is 9.69 Å². The Labute approximate surface area is 186 Å². The van der Waals surface area contributed by atoms with Crippen molar-refractivity contribution in [2.75, 3.05) is 26.2 Å². The van der Waals surface area contributed by atoms with Gasteiger partial charge in [-0.15, -0.1) is 11.3 Å². The fourth-order valence-corrected chi connectivity index (χ4v) is 4.63. The van der Waals surface area contributed by atoms with Gasteiger partial charge in [-0.2, -0.15) is 0 Å². The number of carbonyl (C=O) groups is 1. The molecule has 3 aromatic rings. The molecule has 0 saturated carbocycles. The van der Waals surface area contributed by atoms with Gasteiger partial charge in [-0.25, -0.2) is 0 Å². The zero-order valence-corrected chi connectivity index (χ0v) is 18.6. The number of aryl methyl sites for hydroxylation is 1. The molecule has 0 spiro atoms. The van der Waals surface area contributed by atoms with E-state index in [9.17, 15) is 4.79 Å². The number of hydrogen-bond acceptors (Lipinski definition) is 4. The number of rotatable bonds is 6. The van der Waals surface area contributed by atoms with Crippen LogP contribution in [0.2, 0.25) is 5.02 Å². The fourth-order valence-electron chi connectivity index (χ4n) is 3.58. The minimum Gasteiger partial charge on any atom is -0.487 e. The molecule has 2 aromatic carbocycles. The first kappa shape index (κ1) is 20.9. The van der Waals surface area contributed by atoms with Crippen molar-refractivity contribution in [1.82, 2.24) is 9.80 Å². The summed E-state index contributed by atoms with van der Waals surface area (Å²) in [5.41, 5.74) is 3.67. The van der Waals surface area contributed by atoms with Crippen molar-refractivity contribution in [3.8, 4) is 5.75 Å². The predicted octanol–water partition coefficient (Wildman–Crippen LogP) is 5.25. The molecular formula is C24H25ClN2O2S. The highest BCUT2D eigenvalue weighted by Crippen LogP contribution is 2.25. The van der Waals surface area contributed by atoms with E-state index < -0.39 is 0 Å². The first-order valence-electron chi connectivity index (χ1n) is 10.1. The maximum Gasteiger partial charge on any atom is 0.264 e. The second-order valence-corrected chi connectivity index (χ2v) is 8.85. The van der Waals surface area contributed by atoms with Crippen molar-refractivity contribution in [2.24, 2.45) is 0 Å². The third-order valence-corrected chi connectivity index (χ3v) is 6.69. The van der Waals surface area contributed by atoms with Crippen LogP contribution in [0, 0.1) is 6.92 Å². The van der Waals surface area contributed by atoms with Crippen LogP contribution in [0.3, 0.4) is 0 Å². The molecule has 1 saturated heterocycles. The number of nitrogens with zero attached hydrogens (tertiary/aromatic N) is 2. The molecule has 0 aliphatic carbocycles. The minimum absolute atomic E-state index is 0.111. The number of para-hydroxylation sites is 1. The summed E-state index contributed by atoms with van der Waals surface area (Å²) in [4.78, 5) is 18.1. The average Bonchev–Trinajstić information content (AvgIpc) is 3.24. The standard InChI is InChI=1S/C24H25ClN2O2S/c1-18-6-2-3-7-20(18)15-26-10-12-27(13-11-26)24(28)23-14-19(17-30-23)16-29-22-9-5-4-8-21(22)25/h2-9,14,17H,10-13,15-16H2,1H3. The highest BCUT2D eigenvalue weighted by Gasteiger charge is 2.23. The van der Waals surface area contributed by atoms with E-state index >= 15 is 0 Å². The molecule has 1 aliphatic rings. The zero-order chi connectivity index (χ0) is 20.9. The monoisotopic (exact) mass is 440 g/mol. The molecule has 4 rings (SSSR count). The van der Waals surface area contributed by atoms with Crippen LogP contribution < -0.4 is 4.74 Å². The van der Waals surface area contributed by atoms with Gasteiger partial charge in [0, 0.05) is 38.3 Å². The normalized spacial score (nSPS) is 14.7. The third-order valence-electron chi connectivity index (χ3n) is 5.41. The SMILES string of the molecule is Cc1ccccc1CN1CCN(C(=O)c2cc(COc3ccccc3Cl)cs2)CC1. The fraction of sp³-hybridized carbons (Fsp3) is 0.292.